The van der Waals surface area contributed by atoms with Crippen LogP contribution in [-0.2, 0) is 6.54 Å². The molecule has 0 aliphatic heterocycles. The predicted octanol–water partition coefficient (Wildman–Crippen LogP) is 2.82. The zero-order chi connectivity index (χ0) is 12.3. The summed E-state index contributed by atoms with van der Waals surface area (Å²) in [5.41, 5.74) is 6.42. The monoisotopic (exact) mass is 253 g/mol. The number of hydrogen-bond acceptors (Lipinski definition) is 3. The fraction of sp³-hybridized carbons (Fsp3) is 0.615. The van der Waals surface area contributed by atoms with Crippen LogP contribution in [0.1, 0.15) is 31.9 Å². The Bertz CT molecular complexity index is 377. The molecule has 0 bridgehead atoms. The standard InChI is InChI=1S/C13H20ClN3/c1-2-17(9-10-4-3-5-10)13-7-6-11(14)12(8-15)16-13/h6-7,10H,2-5,8-9,15H2,1H3. The maximum atomic E-state index is 6.03. The van der Waals surface area contributed by atoms with Crippen molar-refractivity contribution in [3.63, 3.8) is 0 Å². The van der Waals surface area contributed by atoms with Gasteiger partial charge in [-0.15, -0.1) is 0 Å². The minimum Gasteiger partial charge on any atom is -0.357 e. The molecule has 94 valence electrons. The Morgan fingerprint density at radius 3 is 2.76 bits per heavy atom. The average molecular weight is 254 g/mol. The van der Waals surface area contributed by atoms with Gasteiger partial charge in [0.25, 0.3) is 0 Å². The van der Waals surface area contributed by atoms with E-state index in [0.29, 0.717) is 11.6 Å². The highest BCUT2D eigenvalue weighted by Gasteiger charge is 2.21. The van der Waals surface area contributed by atoms with Crippen LogP contribution in [0.25, 0.3) is 0 Å². The Balaban J connectivity index is 2.11. The molecule has 1 saturated carbocycles. The van der Waals surface area contributed by atoms with Crippen LogP contribution < -0.4 is 10.6 Å². The van der Waals surface area contributed by atoms with E-state index >= 15 is 0 Å². The zero-order valence-electron chi connectivity index (χ0n) is 10.3. The molecule has 0 amide bonds. The Hall–Kier alpha value is -0.800. The third kappa shape index (κ3) is 2.90. The normalized spacial score (nSPS) is 15.7. The molecule has 1 aliphatic rings. The van der Waals surface area contributed by atoms with Crippen LogP contribution in [0.4, 0.5) is 5.82 Å². The van der Waals surface area contributed by atoms with Crippen LogP contribution in [0.5, 0.6) is 0 Å². The van der Waals surface area contributed by atoms with Crippen molar-refractivity contribution in [1.29, 1.82) is 0 Å². The maximum Gasteiger partial charge on any atom is 0.128 e. The highest BCUT2D eigenvalue weighted by molar-refractivity contribution is 6.31. The molecule has 1 aromatic rings. The lowest BCUT2D eigenvalue weighted by atomic mass is 9.85. The summed E-state index contributed by atoms with van der Waals surface area (Å²) in [5, 5.41) is 0.663. The van der Waals surface area contributed by atoms with Crippen molar-refractivity contribution in [2.24, 2.45) is 11.7 Å². The second-order valence-corrected chi connectivity index (χ2v) is 5.04. The van der Waals surface area contributed by atoms with Crippen LogP contribution in [0.2, 0.25) is 5.02 Å². The molecular formula is C13H20ClN3. The van der Waals surface area contributed by atoms with Crippen LogP contribution in [0.15, 0.2) is 12.1 Å². The van der Waals surface area contributed by atoms with Crippen LogP contribution >= 0.6 is 11.6 Å². The summed E-state index contributed by atoms with van der Waals surface area (Å²) in [6.07, 6.45) is 4.09. The SMILES string of the molecule is CCN(CC1CCC1)c1ccc(Cl)c(CN)n1. The molecule has 1 aliphatic carbocycles. The summed E-state index contributed by atoms with van der Waals surface area (Å²) >= 11 is 6.03. The van der Waals surface area contributed by atoms with E-state index in [4.69, 9.17) is 17.3 Å². The zero-order valence-corrected chi connectivity index (χ0v) is 11.1. The number of nitrogens with two attached hydrogens (primary N) is 1. The largest absolute Gasteiger partial charge is 0.357 e. The van der Waals surface area contributed by atoms with Gasteiger partial charge in [-0.05, 0) is 37.8 Å². The molecule has 3 nitrogen and oxygen atoms in total. The van der Waals surface area contributed by atoms with Gasteiger partial charge in [-0.25, -0.2) is 4.98 Å². The molecule has 0 spiro atoms. The van der Waals surface area contributed by atoms with Gasteiger partial charge in [0.2, 0.25) is 0 Å². The van der Waals surface area contributed by atoms with E-state index in [9.17, 15) is 0 Å². The van der Waals surface area contributed by atoms with Crippen LogP contribution in [0.3, 0.4) is 0 Å². The second kappa shape index (κ2) is 5.69. The first kappa shape index (κ1) is 12.7. The molecule has 0 saturated heterocycles. The quantitative estimate of drug-likeness (QED) is 0.878. The van der Waals surface area contributed by atoms with E-state index in [1.54, 1.807) is 0 Å². The third-order valence-corrected chi connectivity index (χ3v) is 3.85. The van der Waals surface area contributed by atoms with Gasteiger partial charge in [-0.2, -0.15) is 0 Å². The topological polar surface area (TPSA) is 42.1 Å². The number of anilines is 1. The summed E-state index contributed by atoms with van der Waals surface area (Å²) in [6.45, 7) is 4.65. The smallest absolute Gasteiger partial charge is 0.128 e. The summed E-state index contributed by atoms with van der Waals surface area (Å²) < 4.78 is 0. The van der Waals surface area contributed by atoms with E-state index in [-0.39, 0.29) is 0 Å². The van der Waals surface area contributed by atoms with Crippen LogP contribution in [0, 0.1) is 5.92 Å². The van der Waals surface area contributed by atoms with Gasteiger partial charge < -0.3 is 10.6 Å². The van der Waals surface area contributed by atoms with Crippen molar-refractivity contribution in [2.75, 3.05) is 18.0 Å². The van der Waals surface area contributed by atoms with Crippen LogP contribution in [-0.4, -0.2) is 18.1 Å². The maximum absolute atomic E-state index is 6.03. The number of pyridine rings is 1. The number of hydrogen-bond donors (Lipinski definition) is 1. The Labute approximate surface area is 108 Å². The lowest BCUT2D eigenvalue weighted by Gasteiger charge is -2.32. The summed E-state index contributed by atoms with van der Waals surface area (Å²) in [5.74, 6) is 1.85. The lowest BCUT2D eigenvalue weighted by Crippen LogP contribution is -2.33. The minimum atomic E-state index is 0.396. The van der Waals surface area contributed by atoms with Gasteiger partial charge >= 0.3 is 0 Å². The summed E-state index contributed by atoms with van der Waals surface area (Å²) in [6, 6.07) is 3.89. The Morgan fingerprint density at radius 1 is 1.47 bits per heavy atom. The second-order valence-electron chi connectivity index (χ2n) is 4.64. The molecule has 0 radical (unpaired) electrons. The number of halogens is 1. The van der Waals surface area contributed by atoms with E-state index in [2.05, 4.69) is 16.8 Å². The molecule has 1 heterocycles. The molecule has 0 unspecified atom stereocenters. The minimum absolute atomic E-state index is 0.396. The van der Waals surface area contributed by atoms with Crippen molar-refractivity contribution in [1.82, 2.24) is 4.98 Å². The number of aromatic nitrogens is 1. The van der Waals surface area contributed by atoms with Crippen molar-refractivity contribution in [3.8, 4) is 0 Å². The number of rotatable bonds is 5. The van der Waals surface area contributed by atoms with E-state index < -0.39 is 0 Å². The Morgan fingerprint density at radius 2 is 2.24 bits per heavy atom. The van der Waals surface area contributed by atoms with Gasteiger partial charge in [-0.3, -0.25) is 0 Å². The first-order chi connectivity index (χ1) is 8.24. The fourth-order valence-corrected chi connectivity index (χ4v) is 2.35. The molecule has 2 N–H and O–H groups in total. The molecular weight excluding hydrogens is 234 g/mol. The van der Waals surface area contributed by atoms with Gasteiger partial charge in [0.05, 0.1) is 10.7 Å². The van der Waals surface area contributed by atoms with Gasteiger partial charge in [0.1, 0.15) is 5.82 Å². The fourth-order valence-electron chi connectivity index (χ4n) is 2.16. The van der Waals surface area contributed by atoms with Crippen molar-refractivity contribution in [3.05, 3.63) is 22.8 Å². The van der Waals surface area contributed by atoms with Crippen molar-refractivity contribution >= 4 is 17.4 Å². The average Bonchev–Trinajstić information content (AvgIpc) is 2.29. The van der Waals surface area contributed by atoms with Crippen molar-refractivity contribution in [2.45, 2.75) is 32.7 Å². The van der Waals surface area contributed by atoms with Gasteiger partial charge in [0.15, 0.2) is 0 Å². The highest BCUT2D eigenvalue weighted by Crippen LogP contribution is 2.29. The van der Waals surface area contributed by atoms with E-state index in [1.807, 2.05) is 12.1 Å². The first-order valence-corrected chi connectivity index (χ1v) is 6.72. The molecule has 2 rings (SSSR count). The molecule has 0 atom stereocenters. The number of nitrogens with zero attached hydrogens (tertiary/aromatic N) is 2. The lowest BCUT2D eigenvalue weighted by molar-refractivity contribution is 0.318. The predicted molar refractivity (Wildman–Crippen MR) is 72.4 cm³/mol. The molecule has 1 fully saturated rings. The van der Waals surface area contributed by atoms with Crippen molar-refractivity contribution < 1.29 is 0 Å². The molecule has 1 aromatic heterocycles. The highest BCUT2D eigenvalue weighted by atomic mass is 35.5. The summed E-state index contributed by atoms with van der Waals surface area (Å²) in [4.78, 5) is 6.86. The third-order valence-electron chi connectivity index (χ3n) is 3.51. The Kier molecular flexibility index (Phi) is 4.24. The summed E-state index contributed by atoms with van der Waals surface area (Å²) in [7, 11) is 0. The first-order valence-electron chi connectivity index (χ1n) is 6.35. The molecule has 17 heavy (non-hydrogen) atoms. The van der Waals surface area contributed by atoms with E-state index in [0.717, 1.165) is 30.5 Å². The van der Waals surface area contributed by atoms with E-state index in [1.165, 1.54) is 19.3 Å². The van der Waals surface area contributed by atoms with Gasteiger partial charge in [0, 0.05) is 19.6 Å². The van der Waals surface area contributed by atoms with Gasteiger partial charge in [-0.1, -0.05) is 18.0 Å². The molecule has 4 heteroatoms. The molecule has 0 aromatic carbocycles.